The highest BCUT2D eigenvalue weighted by Crippen LogP contribution is 2.36. The summed E-state index contributed by atoms with van der Waals surface area (Å²) in [6.45, 7) is 4.23. The molecule has 0 aliphatic carbocycles. The Bertz CT molecular complexity index is 1990. The number of ether oxygens (including phenoxy) is 1. The number of carbonyl (C=O) groups is 1. The average molecular weight is 633 g/mol. The first-order valence-electron chi connectivity index (χ1n) is 11.9. The minimum Gasteiger partial charge on any atom is -0.510 e. The Labute approximate surface area is 244 Å². The second-order valence-electron chi connectivity index (χ2n) is 8.98. The summed E-state index contributed by atoms with van der Waals surface area (Å²) in [6, 6.07) is 12.0. The van der Waals surface area contributed by atoms with Crippen molar-refractivity contribution in [3.8, 4) is 16.3 Å². The van der Waals surface area contributed by atoms with Gasteiger partial charge in [0.1, 0.15) is 26.3 Å². The smallest absolute Gasteiger partial charge is 0.296 e. The fraction of sp³-hybridized carbons (Fsp3) is 0.154. The molecule has 3 aromatic carbocycles. The number of methoxy groups -OCH3 is 1. The first-order valence-corrected chi connectivity index (χ1v) is 15.6. The lowest BCUT2D eigenvalue weighted by Crippen LogP contribution is -2.16. The predicted octanol–water partition coefficient (Wildman–Crippen LogP) is 5.59. The highest BCUT2D eigenvalue weighted by atomic mass is 32.2. The molecule has 0 spiro atoms. The molecule has 1 amide bonds. The van der Waals surface area contributed by atoms with Crippen LogP contribution in [0, 0.1) is 13.8 Å². The molecule has 0 saturated heterocycles. The zero-order valence-corrected chi connectivity index (χ0v) is 24.9. The number of aryl methyl sites for hydroxylation is 2. The first kappa shape index (κ1) is 30.7. The van der Waals surface area contributed by atoms with Crippen LogP contribution in [0.3, 0.4) is 0 Å². The molecule has 220 valence electrons. The number of fused-ring (bicyclic) bond motifs is 1. The van der Waals surface area contributed by atoms with E-state index >= 15 is 0 Å². The number of nitrogens with one attached hydrogen (secondary N) is 1. The second-order valence-corrected chi connectivity index (χ2v) is 12.7. The van der Waals surface area contributed by atoms with Gasteiger partial charge in [0, 0.05) is 11.6 Å². The van der Waals surface area contributed by atoms with Crippen LogP contribution in [-0.2, 0) is 25.0 Å². The summed E-state index contributed by atoms with van der Waals surface area (Å²) < 4.78 is 71.5. The standard InChI is InChI=1S/C26H24N4O9S3/c1-13-5-10-18-23(24(13)42(36,37)38)40-26(28-18)16-6-8-17(9-7-16)29-30-22(15(3)31)25(32)27-19-11-14(2)21(41(33,34)35)12-20(19)39-4/h5-12,31H,1-4H3,(H,27,32)(H,33,34,35)(H,36,37,38)/b22-15+,30-29?. The van der Waals surface area contributed by atoms with Crippen molar-refractivity contribution < 1.29 is 40.6 Å². The van der Waals surface area contributed by atoms with E-state index in [0.29, 0.717) is 32.0 Å². The molecule has 4 aromatic rings. The summed E-state index contributed by atoms with van der Waals surface area (Å²) in [7, 11) is -7.74. The summed E-state index contributed by atoms with van der Waals surface area (Å²) in [5.41, 5.74) is 1.52. The van der Waals surface area contributed by atoms with Crippen molar-refractivity contribution >= 4 is 59.1 Å². The molecule has 1 heterocycles. The van der Waals surface area contributed by atoms with Crippen LogP contribution in [0.15, 0.2) is 80.0 Å². The Morgan fingerprint density at radius 3 is 2.21 bits per heavy atom. The predicted molar refractivity (Wildman–Crippen MR) is 156 cm³/mol. The van der Waals surface area contributed by atoms with E-state index in [-0.39, 0.29) is 21.9 Å². The van der Waals surface area contributed by atoms with Gasteiger partial charge >= 0.3 is 0 Å². The van der Waals surface area contributed by atoms with Crippen molar-refractivity contribution in [2.75, 3.05) is 12.4 Å². The number of rotatable bonds is 8. The quantitative estimate of drug-likeness (QED) is 0.0819. The highest BCUT2D eigenvalue weighted by molar-refractivity contribution is 7.86. The number of hydrogen-bond acceptors (Lipinski definition) is 11. The zero-order chi connectivity index (χ0) is 31.0. The molecule has 0 aliphatic heterocycles. The van der Waals surface area contributed by atoms with E-state index in [0.717, 1.165) is 17.4 Å². The number of thiazole rings is 1. The zero-order valence-electron chi connectivity index (χ0n) is 22.5. The van der Waals surface area contributed by atoms with Crippen molar-refractivity contribution in [2.45, 2.75) is 30.6 Å². The summed E-state index contributed by atoms with van der Waals surface area (Å²) >= 11 is 1.10. The van der Waals surface area contributed by atoms with Crippen LogP contribution in [0.2, 0.25) is 0 Å². The molecular weight excluding hydrogens is 609 g/mol. The van der Waals surface area contributed by atoms with Crippen LogP contribution in [-0.4, -0.2) is 49.0 Å². The van der Waals surface area contributed by atoms with Gasteiger partial charge in [-0.05, 0) is 68.3 Å². The van der Waals surface area contributed by atoms with Crippen LogP contribution >= 0.6 is 11.3 Å². The minimum absolute atomic E-state index is 0.0576. The third-order valence-electron chi connectivity index (χ3n) is 5.93. The van der Waals surface area contributed by atoms with E-state index in [4.69, 9.17) is 4.74 Å². The number of aliphatic hydroxyl groups is 1. The van der Waals surface area contributed by atoms with Crippen LogP contribution in [0.1, 0.15) is 18.1 Å². The minimum atomic E-state index is -4.53. The van der Waals surface area contributed by atoms with E-state index in [1.807, 2.05) is 0 Å². The maximum absolute atomic E-state index is 12.9. The molecule has 0 unspecified atom stereocenters. The van der Waals surface area contributed by atoms with Crippen molar-refractivity contribution in [1.82, 2.24) is 4.98 Å². The molecule has 16 heteroatoms. The number of aromatic nitrogens is 1. The molecule has 4 N–H and O–H groups in total. The Morgan fingerprint density at radius 1 is 0.976 bits per heavy atom. The third-order valence-corrected chi connectivity index (χ3v) is 9.23. The molecule has 0 saturated carbocycles. The van der Waals surface area contributed by atoms with Gasteiger partial charge in [0.2, 0.25) is 0 Å². The number of anilines is 1. The molecule has 42 heavy (non-hydrogen) atoms. The van der Waals surface area contributed by atoms with Gasteiger partial charge in [-0.3, -0.25) is 13.9 Å². The van der Waals surface area contributed by atoms with E-state index in [1.165, 1.54) is 27.0 Å². The SMILES string of the molecule is COc1cc(S(=O)(=O)O)c(C)cc1NC(=O)/C(N=Nc1ccc(-c2nc3ccc(C)c(S(=O)(=O)O)c3s2)cc1)=C(/C)O. The Morgan fingerprint density at radius 2 is 1.64 bits per heavy atom. The topological polar surface area (TPSA) is 205 Å². The largest absolute Gasteiger partial charge is 0.510 e. The van der Waals surface area contributed by atoms with Gasteiger partial charge in [0.15, 0.2) is 5.70 Å². The van der Waals surface area contributed by atoms with E-state index in [2.05, 4.69) is 20.5 Å². The number of hydrogen-bond donors (Lipinski definition) is 4. The number of carbonyl (C=O) groups excluding carboxylic acids is 1. The lowest BCUT2D eigenvalue weighted by molar-refractivity contribution is -0.113. The molecule has 13 nitrogen and oxygen atoms in total. The fourth-order valence-electron chi connectivity index (χ4n) is 3.97. The average Bonchev–Trinajstić information content (AvgIpc) is 3.31. The fourth-order valence-corrected chi connectivity index (χ4v) is 7.01. The first-order chi connectivity index (χ1) is 19.6. The molecule has 0 bridgehead atoms. The summed E-state index contributed by atoms with van der Waals surface area (Å²) in [6.07, 6.45) is 0. The van der Waals surface area contributed by atoms with Crippen LogP contribution < -0.4 is 10.1 Å². The van der Waals surface area contributed by atoms with Crippen LogP contribution in [0.5, 0.6) is 5.75 Å². The Balaban J connectivity index is 1.58. The molecule has 0 aliphatic rings. The third kappa shape index (κ3) is 6.47. The number of azo groups is 1. The van der Waals surface area contributed by atoms with Gasteiger partial charge < -0.3 is 15.2 Å². The molecule has 4 rings (SSSR count). The van der Waals surface area contributed by atoms with Crippen LogP contribution in [0.4, 0.5) is 11.4 Å². The Kier molecular flexibility index (Phi) is 8.47. The van der Waals surface area contributed by atoms with Crippen molar-refractivity contribution in [1.29, 1.82) is 0 Å². The number of aliphatic hydroxyl groups excluding tert-OH is 1. The van der Waals surface area contributed by atoms with E-state index < -0.39 is 42.5 Å². The normalized spacial score (nSPS) is 12.9. The second kappa shape index (κ2) is 11.6. The van der Waals surface area contributed by atoms with Crippen molar-refractivity contribution in [3.05, 3.63) is 71.1 Å². The van der Waals surface area contributed by atoms with Gasteiger partial charge in [-0.25, -0.2) is 4.98 Å². The van der Waals surface area contributed by atoms with E-state index in [9.17, 15) is 35.8 Å². The molecular formula is C26H24N4O9S3. The maximum atomic E-state index is 12.9. The van der Waals surface area contributed by atoms with Gasteiger partial charge in [-0.2, -0.15) is 21.9 Å². The van der Waals surface area contributed by atoms with Crippen molar-refractivity contribution in [3.63, 3.8) is 0 Å². The maximum Gasteiger partial charge on any atom is 0.296 e. The van der Waals surface area contributed by atoms with E-state index in [1.54, 1.807) is 43.3 Å². The van der Waals surface area contributed by atoms with Crippen LogP contribution in [0.25, 0.3) is 20.8 Å². The van der Waals surface area contributed by atoms with Gasteiger partial charge in [-0.1, -0.05) is 6.07 Å². The monoisotopic (exact) mass is 632 g/mol. The number of nitrogens with zero attached hydrogens (tertiary/aromatic N) is 3. The Hall–Kier alpha value is -4.22. The molecule has 0 fully saturated rings. The summed E-state index contributed by atoms with van der Waals surface area (Å²) in [5.74, 6) is -1.37. The van der Waals surface area contributed by atoms with Gasteiger partial charge in [0.25, 0.3) is 26.1 Å². The highest BCUT2D eigenvalue weighted by Gasteiger charge is 2.22. The lowest BCUT2D eigenvalue weighted by atomic mass is 10.2. The number of benzene rings is 3. The number of amides is 1. The molecule has 1 aromatic heterocycles. The van der Waals surface area contributed by atoms with Gasteiger partial charge in [-0.15, -0.1) is 16.5 Å². The molecule has 0 radical (unpaired) electrons. The lowest BCUT2D eigenvalue weighted by Gasteiger charge is -2.13. The summed E-state index contributed by atoms with van der Waals surface area (Å²) in [4.78, 5) is 16.8. The summed E-state index contributed by atoms with van der Waals surface area (Å²) in [5, 5.41) is 20.9. The van der Waals surface area contributed by atoms with Gasteiger partial charge in [0.05, 0.1) is 28.7 Å². The van der Waals surface area contributed by atoms with Crippen molar-refractivity contribution in [2.24, 2.45) is 10.2 Å². The number of allylic oxidation sites excluding steroid dienone is 1. The molecule has 0 atom stereocenters.